The van der Waals surface area contributed by atoms with Crippen LogP contribution in [0.4, 0.5) is 5.95 Å². The average molecular weight is 225 g/mol. The molecule has 0 saturated heterocycles. The average Bonchev–Trinajstić information content (AvgIpc) is 2.23. The normalized spacial score (nSPS) is 9.88. The van der Waals surface area contributed by atoms with Gasteiger partial charge < -0.3 is 15.2 Å². The van der Waals surface area contributed by atoms with Crippen molar-refractivity contribution in [1.29, 1.82) is 0 Å². The minimum atomic E-state index is -0.801. The van der Waals surface area contributed by atoms with Crippen LogP contribution in [0.25, 0.3) is 0 Å². The number of anilines is 1. The third kappa shape index (κ3) is 4.12. The Morgan fingerprint density at radius 3 is 2.94 bits per heavy atom. The van der Waals surface area contributed by atoms with Crippen molar-refractivity contribution >= 4 is 11.9 Å². The minimum Gasteiger partial charge on any atom is -0.481 e. The zero-order valence-electron chi connectivity index (χ0n) is 9.36. The fourth-order valence-electron chi connectivity index (χ4n) is 1.16. The molecule has 0 aliphatic carbocycles. The molecule has 1 aromatic rings. The van der Waals surface area contributed by atoms with Gasteiger partial charge in [-0.1, -0.05) is 0 Å². The number of carbonyl (C=O) groups is 1. The number of methoxy groups -OCH3 is 1. The Kier molecular flexibility index (Phi) is 4.50. The number of hydrogen-bond donors (Lipinski definition) is 2. The molecule has 0 amide bonds. The summed E-state index contributed by atoms with van der Waals surface area (Å²) in [6.45, 7) is 2.37. The van der Waals surface area contributed by atoms with Crippen LogP contribution in [0.15, 0.2) is 6.07 Å². The van der Waals surface area contributed by atoms with Crippen LogP contribution in [0.3, 0.4) is 0 Å². The van der Waals surface area contributed by atoms with Crippen LogP contribution in [0, 0.1) is 6.92 Å². The molecule has 16 heavy (non-hydrogen) atoms. The highest BCUT2D eigenvalue weighted by Gasteiger charge is 2.02. The molecule has 0 bridgehead atoms. The molecule has 0 unspecified atom stereocenters. The van der Waals surface area contributed by atoms with Crippen molar-refractivity contribution in [3.8, 4) is 5.88 Å². The number of aliphatic carboxylic acids is 1. The molecule has 6 nitrogen and oxygen atoms in total. The molecule has 6 heteroatoms. The smallest absolute Gasteiger partial charge is 0.303 e. The van der Waals surface area contributed by atoms with E-state index in [0.29, 0.717) is 24.8 Å². The van der Waals surface area contributed by atoms with Crippen molar-refractivity contribution in [2.24, 2.45) is 0 Å². The number of aromatic nitrogens is 2. The highest BCUT2D eigenvalue weighted by Crippen LogP contribution is 2.10. The highest BCUT2D eigenvalue weighted by molar-refractivity contribution is 5.66. The summed E-state index contributed by atoms with van der Waals surface area (Å²) >= 11 is 0. The predicted octanol–water partition coefficient (Wildman–Crippen LogP) is 1.07. The number of carboxylic acid groups (broad SMARTS) is 1. The summed E-state index contributed by atoms with van der Waals surface area (Å²) in [5, 5.41) is 11.4. The number of ether oxygens (including phenoxy) is 1. The summed E-state index contributed by atoms with van der Waals surface area (Å²) in [4.78, 5) is 18.5. The van der Waals surface area contributed by atoms with Gasteiger partial charge in [0.25, 0.3) is 0 Å². The molecule has 0 radical (unpaired) electrons. The molecule has 0 fully saturated rings. The molecule has 0 aliphatic rings. The Balaban J connectivity index is 2.47. The zero-order chi connectivity index (χ0) is 12.0. The molecule has 1 aromatic heterocycles. The van der Waals surface area contributed by atoms with Crippen LogP contribution in [0.1, 0.15) is 18.5 Å². The Bertz CT molecular complexity index is 368. The number of aryl methyl sites for hydroxylation is 1. The summed E-state index contributed by atoms with van der Waals surface area (Å²) in [7, 11) is 1.54. The second kappa shape index (κ2) is 5.89. The Labute approximate surface area is 93.7 Å². The van der Waals surface area contributed by atoms with Crippen molar-refractivity contribution in [2.45, 2.75) is 19.8 Å². The van der Waals surface area contributed by atoms with Gasteiger partial charge in [-0.25, -0.2) is 4.98 Å². The maximum atomic E-state index is 10.3. The van der Waals surface area contributed by atoms with E-state index in [9.17, 15) is 4.79 Å². The van der Waals surface area contributed by atoms with E-state index in [-0.39, 0.29) is 6.42 Å². The third-order valence-corrected chi connectivity index (χ3v) is 1.89. The van der Waals surface area contributed by atoms with E-state index in [1.54, 1.807) is 6.07 Å². The first-order chi connectivity index (χ1) is 7.61. The lowest BCUT2D eigenvalue weighted by molar-refractivity contribution is -0.137. The quantitative estimate of drug-likeness (QED) is 0.704. The van der Waals surface area contributed by atoms with Crippen molar-refractivity contribution in [2.75, 3.05) is 19.0 Å². The molecule has 0 atom stereocenters. The topological polar surface area (TPSA) is 84.3 Å². The van der Waals surface area contributed by atoms with E-state index in [1.807, 2.05) is 6.92 Å². The van der Waals surface area contributed by atoms with Crippen molar-refractivity contribution < 1.29 is 14.6 Å². The summed E-state index contributed by atoms with van der Waals surface area (Å²) in [5.74, 6) is 0.153. The molecule has 88 valence electrons. The van der Waals surface area contributed by atoms with Gasteiger partial charge in [0.15, 0.2) is 0 Å². The lowest BCUT2D eigenvalue weighted by Crippen LogP contribution is -2.08. The van der Waals surface area contributed by atoms with Crippen LogP contribution in [-0.4, -0.2) is 34.7 Å². The van der Waals surface area contributed by atoms with Crippen molar-refractivity contribution in [1.82, 2.24) is 9.97 Å². The highest BCUT2D eigenvalue weighted by atomic mass is 16.5. The number of nitrogens with zero attached hydrogens (tertiary/aromatic N) is 2. The van der Waals surface area contributed by atoms with Crippen molar-refractivity contribution in [3.05, 3.63) is 11.8 Å². The number of hydrogen-bond acceptors (Lipinski definition) is 5. The van der Waals surface area contributed by atoms with Crippen LogP contribution in [-0.2, 0) is 4.79 Å². The summed E-state index contributed by atoms with van der Waals surface area (Å²) < 4.78 is 4.99. The SMILES string of the molecule is COc1cc(C)nc(NCCCC(=O)O)n1. The van der Waals surface area contributed by atoms with Gasteiger partial charge >= 0.3 is 5.97 Å². The lowest BCUT2D eigenvalue weighted by Gasteiger charge is -2.06. The van der Waals surface area contributed by atoms with Gasteiger partial charge in [-0.3, -0.25) is 4.79 Å². The van der Waals surface area contributed by atoms with E-state index >= 15 is 0 Å². The second-order valence-electron chi connectivity index (χ2n) is 3.30. The summed E-state index contributed by atoms with van der Waals surface area (Å²) in [5.41, 5.74) is 0.799. The number of carboxylic acids is 1. The fraction of sp³-hybridized carbons (Fsp3) is 0.500. The maximum Gasteiger partial charge on any atom is 0.303 e. The Morgan fingerprint density at radius 1 is 1.56 bits per heavy atom. The van der Waals surface area contributed by atoms with Gasteiger partial charge in [0.05, 0.1) is 7.11 Å². The molecular formula is C10H15N3O3. The zero-order valence-corrected chi connectivity index (χ0v) is 9.36. The first-order valence-electron chi connectivity index (χ1n) is 4.97. The third-order valence-electron chi connectivity index (χ3n) is 1.89. The molecule has 0 aromatic carbocycles. The van der Waals surface area contributed by atoms with Crippen LogP contribution in [0.5, 0.6) is 5.88 Å². The van der Waals surface area contributed by atoms with Gasteiger partial charge in [0.2, 0.25) is 11.8 Å². The van der Waals surface area contributed by atoms with E-state index < -0.39 is 5.97 Å². The fourth-order valence-corrected chi connectivity index (χ4v) is 1.16. The van der Waals surface area contributed by atoms with Gasteiger partial charge in [-0.05, 0) is 13.3 Å². The Morgan fingerprint density at radius 2 is 2.31 bits per heavy atom. The largest absolute Gasteiger partial charge is 0.481 e. The summed E-state index contributed by atoms with van der Waals surface area (Å²) in [6, 6.07) is 1.72. The van der Waals surface area contributed by atoms with Crippen LogP contribution < -0.4 is 10.1 Å². The molecule has 2 N–H and O–H groups in total. The van der Waals surface area contributed by atoms with Gasteiger partial charge in [0.1, 0.15) is 0 Å². The standard InChI is InChI=1S/C10H15N3O3/c1-7-6-8(16-2)13-10(12-7)11-5-3-4-9(14)15/h6H,3-5H2,1-2H3,(H,14,15)(H,11,12,13). The molecule has 1 rings (SSSR count). The monoisotopic (exact) mass is 225 g/mol. The van der Waals surface area contributed by atoms with Gasteiger partial charge in [-0.2, -0.15) is 4.98 Å². The molecule has 1 heterocycles. The second-order valence-corrected chi connectivity index (χ2v) is 3.30. The van der Waals surface area contributed by atoms with Crippen LogP contribution in [0.2, 0.25) is 0 Å². The molecule has 0 spiro atoms. The van der Waals surface area contributed by atoms with Crippen LogP contribution >= 0.6 is 0 Å². The minimum absolute atomic E-state index is 0.135. The first-order valence-corrected chi connectivity index (χ1v) is 4.97. The molecule has 0 saturated carbocycles. The lowest BCUT2D eigenvalue weighted by atomic mass is 10.3. The Hall–Kier alpha value is -1.85. The van der Waals surface area contributed by atoms with Gasteiger partial charge in [0, 0.05) is 24.7 Å². The van der Waals surface area contributed by atoms with E-state index in [2.05, 4.69) is 15.3 Å². The predicted molar refractivity (Wildman–Crippen MR) is 58.7 cm³/mol. The van der Waals surface area contributed by atoms with Gasteiger partial charge in [-0.15, -0.1) is 0 Å². The first kappa shape index (κ1) is 12.2. The molecule has 0 aliphatic heterocycles. The molecular weight excluding hydrogens is 210 g/mol. The van der Waals surface area contributed by atoms with E-state index in [0.717, 1.165) is 5.69 Å². The maximum absolute atomic E-state index is 10.3. The number of rotatable bonds is 6. The van der Waals surface area contributed by atoms with E-state index in [1.165, 1.54) is 7.11 Å². The van der Waals surface area contributed by atoms with E-state index in [4.69, 9.17) is 9.84 Å². The summed E-state index contributed by atoms with van der Waals surface area (Å²) in [6.07, 6.45) is 0.672. The van der Waals surface area contributed by atoms with Crippen molar-refractivity contribution in [3.63, 3.8) is 0 Å². The number of nitrogens with one attached hydrogen (secondary N) is 1.